The molecule has 8 heteroatoms. The Morgan fingerprint density at radius 3 is 2.30 bits per heavy atom. The van der Waals surface area contributed by atoms with E-state index in [1.54, 1.807) is 24.3 Å². The molecule has 1 fully saturated rings. The third-order valence-electron chi connectivity index (χ3n) is 4.49. The Morgan fingerprint density at radius 1 is 1.07 bits per heavy atom. The van der Waals surface area contributed by atoms with Crippen molar-refractivity contribution in [1.82, 2.24) is 4.31 Å². The van der Waals surface area contributed by atoms with Gasteiger partial charge in [-0.2, -0.15) is 4.31 Å². The van der Waals surface area contributed by atoms with Crippen LogP contribution in [-0.4, -0.2) is 37.0 Å². The van der Waals surface area contributed by atoms with Gasteiger partial charge in [0.1, 0.15) is 6.04 Å². The Kier molecular flexibility index (Phi) is 5.64. The lowest BCUT2D eigenvalue weighted by atomic mass is 10.1. The lowest BCUT2D eigenvalue weighted by Gasteiger charge is -2.23. The van der Waals surface area contributed by atoms with Crippen molar-refractivity contribution >= 4 is 39.0 Å². The number of amides is 1. The number of nitrogens with one attached hydrogen (secondary N) is 1. The summed E-state index contributed by atoms with van der Waals surface area (Å²) < 4.78 is 27.0. The number of halogens is 1. The molecule has 1 unspecified atom stereocenters. The second-order valence-electron chi connectivity index (χ2n) is 6.35. The summed E-state index contributed by atoms with van der Waals surface area (Å²) in [4.78, 5) is 24.1. The van der Waals surface area contributed by atoms with Crippen LogP contribution in [0.1, 0.15) is 30.1 Å². The van der Waals surface area contributed by atoms with Crippen LogP contribution in [-0.2, 0) is 14.8 Å². The quantitative estimate of drug-likeness (QED) is 0.772. The number of carbonyl (C=O) groups excluding carboxylic acids is 2. The summed E-state index contributed by atoms with van der Waals surface area (Å²) in [5.41, 5.74) is 1.06. The predicted octanol–water partition coefficient (Wildman–Crippen LogP) is 3.33. The van der Waals surface area contributed by atoms with E-state index in [-0.39, 0.29) is 23.1 Å². The van der Waals surface area contributed by atoms with Gasteiger partial charge in [0.25, 0.3) is 0 Å². The second-order valence-corrected chi connectivity index (χ2v) is 8.68. The Bertz CT molecular complexity index is 956. The second kappa shape index (κ2) is 7.80. The first-order valence-corrected chi connectivity index (χ1v) is 10.3. The average molecular weight is 407 g/mol. The largest absolute Gasteiger partial charge is 0.325 e. The minimum Gasteiger partial charge on any atom is -0.325 e. The molecule has 1 heterocycles. The van der Waals surface area contributed by atoms with Crippen LogP contribution in [0.3, 0.4) is 0 Å². The number of carbonyl (C=O) groups is 2. The normalized spacial score (nSPS) is 17.6. The van der Waals surface area contributed by atoms with Crippen molar-refractivity contribution in [1.29, 1.82) is 0 Å². The monoisotopic (exact) mass is 406 g/mol. The van der Waals surface area contributed by atoms with E-state index < -0.39 is 16.1 Å². The molecule has 27 heavy (non-hydrogen) atoms. The third-order valence-corrected chi connectivity index (χ3v) is 6.66. The van der Waals surface area contributed by atoms with Crippen molar-refractivity contribution in [3.8, 4) is 0 Å². The van der Waals surface area contributed by atoms with Crippen LogP contribution >= 0.6 is 11.6 Å². The summed E-state index contributed by atoms with van der Waals surface area (Å²) in [5, 5.41) is 3.18. The zero-order chi connectivity index (χ0) is 19.6. The molecule has 3 rings (SSSR count). The van der Waals surface area contributed by atoms with Crippen LogP contribution in [0.25, 0.3) is 0 Å². The van der Waals surface area contributed by atoms with Gasteiger partial charge in [-0.3, -0.25) is 9.59 Å². The molecular formula is C19H19ClN2O4S. The fourth-order valence-corrected chi connectivity index (χ4v) is 4.83. The molecule has 1 amide bonds. The van der Waals surface area contributed by atoms with Crippen molar-refractivity contribution in [2.75, 3.05) is 11.9 Å². The van der Waals surface area contributed by atoms with Crippen molar-refractivity contribution in [3.05, 3.63) is 59.1 Å². The number of nitrogens with zero attached hydrogens (tertiary/aromatic N) is 1. The topological polar surface area (TPSA) is 83.6 Å². The molecule has 2 aromatic rings. The van der Waals surface area contributed by atoms with Gasteiger partial charge in [0.05, 0.1) is 4.90 Å². The Morgan fingerprint density at radius 2 is 1.70 bits per heavy atom. The molecule has 1 atom stereocenters. The summed E-state index contributed by atoms with van der Waals surface area (Å²) in [7, 11) is -3.79. The molecule has 6 nitrogen and oxygen atoms in total. The van der Waals surface area contributed by atoms with Crippen LogP contribution in [0.5, 0.6) is 0 Å². The lowest BCUT2D eigenvalue weighted by molar-refractivity contribution is -0.119. The molecule has 0 spiro atoms. The maximum Gasteiger partial charge on any atom is 0.243 e. The highest BCUT2D eigenvalue weighted by Gasteiger charge is 2.39. The predicted molar refractivity (Wildman–Crippen MR) is 103 cm³/mol. The Hall–Kier alpha value is -2.22. The molecule has 0 saturated carbocycles. The van der Waals surface area contributed by atoms with Gasteiger partial charge in [-0.15, -0.1) is 0 Å². The molecule has 1 saturated heterocycles. The summed E-state index contributed by atoms with van der Waals surface area (Å²) >= 11 is 5.83. The standard InChI is InChI=1S/C19H19ClN2O4S/c1-13(23)14-4-8-16(9-5-14)21-19(24)18-3-2-12-22(18)27(25,26)17-10-6-15(20)7-11-17/h4-11,18H,2-3,12H2,1H3,(H,21,24). The molecule has 1 N–H and O–H groups in total. The smallest absolute Gasteiger partial charge is 0.243 e. The maximum absolute atomic E-state index is 12.9. The van der Waals surface area contributed by atoms with Gasteiger partial charge >= 0.3 is 0 Å². The minimum atomic E-state index is -3.79. The van der Waals surface area contributed by atoms with Crippen molar-refractivity contribution in [2.24, 2.45) is 0 Å². The van der Waals surface area contributed by atoms with E-state index in [1.807, 2.05) is 0 Å². The van der Waals surface area contributed by atoms with Gasteiger partial charge in [0.15, 0.2) is 5.78 Å². The highest BCUT2D eigenvalue weighted by Crippen LogP contribution is 2.27. The van der Waals surface area contributed by atoms with E-state index >= 15 is 0 Å². The van der Waals surface area contributed by atoms with E-state index in [4.69, 9.17) is 11.6 Å². The first-order chi connectivity index (χ1) is 12.8. The molecule has 2 aromatic carbocycles. The number of sulfonamides is 1. The maximum atomic E-state index is 12.9. The SMILES string of the molecule is CC(=O)c1ccc(NC(=O)C2CCCN2S(=O)(=O)c2ccc(Cl)cc2)cc1. The van der Waals surface area contributed by atoms with Crippen molar-refractivity contribution in [2.45, 2.75) is 30.7 Å². The zero-order valence-corrected chi connectivity index (χ0v) is 16.3. The summed E-state index contributed by atoms with van der Waals surface area (Å²) in [6.07, 6.45) is 1.05. The molecule has 1 aliphatic heterocycles. The van der Waals surface area contributed by atoms with Crippen LogP contribution in [0.4, 0.5) is 5.69 Å². The number of rotatable bonds is 5. The van der Waals surface area contributed by atoms with Gasteiger partial charge in [-0.05, 0) is 68.3 Å². The Balaban J connectivity index is 1.78. The molecule has 0 radical (unpaired) electrons. The number of Topliss-reactive ketones (excluding diaryl/α,β-unsaturated/α-hetero) is 1. The van der Waals surface area contributed by atoms with Crippen LogP contribution in [0, 0.1) is 0 Å². The van der Waals surface area contributed by atoms with Gasteiger partial charge < -0.3 is 5.32 Å². The fraction of sp³-hybridized carbons (Fsp3) is 0.263. The van der Waals surface area contributed by atoms with Crippen LogP contribution in [0.2, 0.25) is 5.02 Å². The number of hydrogen-bond acceptors (Lipinski definition) is 4. The van der Waals surface area contributed by atoms with Crippen LogP contribution < -0.4 is 5.32 Å². The summed E-state index contributed by atoms with van der Waals surface area (Å²) in [6.45, 7) is 1.75. The van der Waals surface area contributed by atoms with E-state index in [0.717, 1.165) is 0 Å². The third kappa shape index (κ3) is 4.21. The molecular weight excluding hydrogens is 388 g/mol. The highest BCUT2D eigenvalue weighted by atomic mass is 35.5. The fourth-order valence-electron chi connectivity index (χ4n) is 3.05. The Labute approximate surface area is 163 Å². The highest BCUT2D eigenvalue weighted by molar-refractivity contribution is 7.89. The number of anilines is 1. The van der Waals surface area contributed by atoms with Gasteiger partial charge in [-0.25, -0.2) is 8.42 Å². The van der Waals surface area contributed by atoms with Crippen LogP contribution in [0.15, 0.2) is 53.4 Å². The number of ketones is 1. The first-order valence-electron chi connectivity index (χ1n) is 8.48. The molecule has 0 bridgehead atoms. The average Bonchev–Trinajstić information content (AvgIpc) is 3.13. The van der Waals surface area contributed by atoms with Crippen molar-refractivity contribution in [3.63, 3.8) is 0 Å². The minimum absolute atomic E-state index is 0.0658. The van der Waals surface area contributed by atoms with E-state index in [2.05, 4.69) is 5.32 Å². The van der Waals surface area contributed by atoms with Gasteiger partial charge in [0, 0.05) is 22.8 Å². The first kappa shape index (κ1) is 19.5. The van der Waals surface area contributed by atoms with Gasteiger partial charge in [-0.1, -0.05) is 11.6 Å². The molecule has 142 valence electrons. The zero-order valence-electron chi connectivity index (χ0n) is 14.7. The number of hydrogen-bond donors (Lipinski definition) is 1. The van der Waals surface area contributed by atoms with E-state index in [1.165, 1.54) is 35.5 Å². The lowest BCUT2D eigenvalue weighted by Crippen LogP contribution is -2.43. The summed E-state index contributed by atoms with van der Waals surface area (Å²) in [6, 6.07) is 11.6. The molecule has 1 aliphatic rings. The summed E-state index contributed by atoms with van der Waals surface area (Å²) in [5.74, 6) is -0.454. The number of benzene rings is 2. The van der Waals surface area contributed by atoms with Crippen molar-refractivity contribution < 1.29 is 18.0 Å². The molecule has 0 aromatic heterocycles. The molecule has 0 aliphatic carbocycles. The van der Waals surface area contributed by atoms with Gasteiger partial charge in [0.2, 0.25) is 15.9 Å². The van der Waals surface area contributed by atoms with E-state index in [0.29, 0.717) is 29.1 Å². The van der Waals surface area contributed by atoms with E-state index in [9.17, 15) is 18.0 Å².